The second-order valence-corrected chi connectivity index (χ2v) is 3.07. The van der Waals surface area contributed by atoms with Gasteiger partial charge in [0.1, 0.15) is 5.75 Å². The molecule has 1 unspecified atom stereocenters. The minimum absolute atomic E-state index is 0.00713. The number of aromatic carboxylic acids is 2. The van der Waals surface area contributed by atoms with Gasteiger partial charge in [-0.2, -0.15) is 0 Å². The van der Waals surface area contributed by atoms with Crippen LogP contribution in [0.25, 0.3) is 0 Å². The second-order valence-electron chi connectivity index (χ2n) is 3.07. The van der Waals surface area contributed by atoms with Crippen molar-refractivity contribution in [1.29, 1.82) is 0 Å². The van der Waals surface area contributed by atoms with Gasteiger partial charge in [-0.15, -0.1) is 0 Å². The summed E-state index contributed by atoms with van der Waals surface area (Å²) in [6, 6.07) is 3.29. The highest BCUT2D eigenvalue weighted by atomic mass is 16.6. The lowest BCUT2D eigenvalue weighted by molar-refractivity contribution is -0.000565. The van der Waals surface area contributed by atoms with Crippen LogP contribution in [0.3, 0.4) is 0 Å². The Morgan fingerprint density at radius 3 is 1.88 bits per heavy atom. The van der Waals surface area contributed by atoms with E-state index in [1.807, 2.05) is 0 Å². The van der Waals surface area contributed by atoms with E-state index in [1.165, 1.54) is 6.92 Å². The van der Waals surface area contributed by atoms with Gasteiger partial charge < -0.3 is 20.1 Å². The Hall–Kier alpha value is -2.08. The molecule has 0 aliphatic rings. The van der Waals surface area contributed by atoms with Gasteiger partial charge in [0.05, 0.1) is 11.1 Å². The molecule has 0 amide bonds. The molecular formula is C10H10O6. The summed E-state index contributed by atoms with van der Waals surface area (Å²) in [6.07, 6.45) is -1.15. The molecule has 0 heterocycles. The fourth-order valence-electron chi connectivity index (χ4n) is 1.11. The third-order valence-electron chi connectivity index (χ3n) is 1.71. The maximum Gasteiger partial charge on any atom is 0.335 e. The fraction of sp³-hybridized carbons (Fsp3) is 0.200. The van der Waals surface area contributed by atoms with Crippen LogP contribution in [0.1, 0.15) is 27.6 Å². The van der Waals surface area contributed by atoms with Gasteiger partial charge in [0.25, 0.3) is 0 Å². The van der Waals surface area contributed by atoms with Gasteiger partial charge in [0.2, 0.25) is 0 Å². The van der Waals surface area contributed by atoms with E-state index in [0.717, 1.165) is 18.2 Å². The molecule has 0 aliphatic heterocycles. The number of ether oxygens (including phenoxy) is 1. The summed E-state index contributed by atoms with van der Waals surface area (Å²) in [5, 5.41) is 26.4. The molecule has 0 aromatic heterocycles. The van der Waals surface area contributed by atoms with Gasteiger partial charge >= 0.3 is 11.9 Å². The molecule has 0 saturated heterocycles. The molecule has 0 spiro atoms. The van der Waals surface area contributed by atoms with Crippen molar-refractivity contribution in [3.05, 3.63) is 29.3 Å². The highest BCUT2D eigenvalue weighted by molar-refractivity contribution is 5.94. The van der Waals surface area contributed by atoms with Gasteiger partial charge in [-0.05, 0) is 25.1 Å². The summed E-state index contributed by atoms with van der Waals surface area (Å²) in [4.78, 5) is 21.4. The number of carboxylic acid groups (broad SMARTS) is 2. The minimum atomic E-state index is -1.27. The third-order valence-corrected chi connectivity index (χ3v) is 1.71. The van der Waals surface area contributed by atoms with Crippen LogP contribution in [0.15, 0.2) is 18.2 Å². The summed E-state index contributed by atoms with van der Waals surface area (Å²) < 4.78 is 4.82. The van der Waals surface area contributed by atoms with Crippen LogP contribution >= 0.6 is 0 Å². The molecule has 0 radical (unpaired) electrons. The zero-order valence-electron chi connectivity index (χ0n) is 8.38. The first-order valence-electron chi connectivity index (χ1n) is 4.36. The topological polar surface area (TPSA) is 104 Å². The molecule has 86 valence electrons. The quantitative estimate of drug-likeness (QED) is 0.656. The largest absolute Gasteiger partial charge is 0.478 e. The van der Waals surface area contributed by atoms with Crippen molar-refractivity contribution in [2.24, 2.45) is 0 Å². The molecule has 6 heteroatoms. The van der Waals surface area contributed by atoms with E-state index < -0.39 is 18.2 Å². The average Bonchev–Trinajstić information content (AvgIpc) is 2.15. The van der Waals surface area contributed by atoms with Crippen LogP contribution in [-0.2, 0) is 0 Å². The van der Waals surface area contributed by atoms with E-state index in [0.29, 0.717) is 0 Å². The first-order valence-corrected chi connectivity index (χ1v) is 4.36. The monoisotopic (exact) mass is 226 g/mol. The van der Waals surface area contributed by atoms with E-state index in [-0.39, 0.29) is 16.9 Å². The second kappa shape index (κ2) is 4.63. The van der Waals surface area contributed by atoms with Gasteiger partial charge in [0, 0.05) is 0 Å². The standard InChI is InChI=1S/C10H10O6/c1-5(11)16-8-3-6(9(12)13)2-7(4-8)10(14)15/h2-5,11H,1H3,(H,12,13)(H,14,15). The number of rotatable bonds is 4. The van der Waals surface area contributed by atoms with Crippen LogP contribution in [0.4, 0.5) is 0 Å². The maximum absolute atomic E-state index is 10.7. The number of hydrogen-bond acceptors (Lipinski definition) is 4. The van der Waals surface area contributed by atoms with Crippen molar-refractivity contribution in [3.63, 3.8) is 0 Å². The van der Waals surface area contributed by atoms with E-state index >= 15 is 0 Å². The predicted octanol–water partition coefficient (Wildman–Crippen LogP) is 0.800. The van der Waals surface area contributed by atoms with Gasteiger partial charge in [0.15, 0.2) is 6.29 Å². The predicted molar refractivity (Wildman–Crippen MR) is 52.7 cm³/mol. The van der Waals surface area contributed by atoms with Crippen LogP contribution in [0.5, 0.6) is 5.75 Å². The Kier molecular flexibility index (Phi) is 3.47. The van der Waals surface area contributed by atoms with E-state index in [9.17, 15) is 9.59 Å². The van der Waals surface area contributed by atoms with Gasteiger partial charge in [-0.25, -0.2) is 9.59 Å². The van der Waals surface area contributed by atoms with Crippen molar-refractivity contribution < 1.29 is 29.6 Å². The van der Waals surface area contributed by atoms with E-state index in [1.54, 1.807) is 0 Å². The summed E-state index contributed by atoms with van der Waals surface area (Å²) >= 11 is 0. The van der Waals surface area contributed by atoms with Crippen molar-refractivity contribution in [2.75, 3.05) is 0 Å². The van der Waals surface area contributed by atoms with Crippen LogP contribution in [0.2, 0.25) is 0 Å². The molecule has 1 rings (SSSR count). The number of carboxylic acids is 2. The SMILES string of the molecule is CC(O)Oc1cc(C(=O)O)cc(C(=O)O)c1. The summed E-state index contributed by atoms with van der Waals surface area (Å²) in [5.74, 6) is -2.54. The smallest absolute Gasteiger partial charge is 0.335 e. The molecule has 0 aliphatic carbocycles. The summed E-state index contributed by atoms with van der Waals surface area (Å²) in [5.41, 5.74) is -0.425. The molecule has 0 fully saturated rings. The molecule has 0 bridgehead atoms. The summed E-state index contributed by atoms with van der Waals surface area (Å²) in [6.45, 7) is 1.33. The number of hydrogen-bond donors (Lipinski definition) is 3. The molecule has 1 atom stereocenters. The first-order chi connectivity index (χ1) is 7.40. The Bertz CT molecular complexity index is 391. The number of benzene rings is 1. The lowest BCUT2D eigenvalue weighted by Gasteiger charge is -2.10. The van der Waals surface area contributed by atoms with Crippen LogP contribution in [-0.4, -0.2) is 33.5 Å². The highest BCUT2D eigenvalue weighted by Crippen LogP contribution is 2.18. The average molecular weight is 226 g/mol. The minimum Gasteiger partial charge on any atom is -0.478 e. The highest BCUT2D eigenvalue weighted by Gasteiger charge is 2.12. The lowest BCUT2D eigenvalue weighted by Crippen LogP contribution is -2.11. The third kappa shape index (κ3) is 2.96. The Morgan fingerprint density at radius 1 is 1.12 bits per heavy atom. The van der Waals surface area contributed by atoms with Gasteiger partial charge in [-0.3, -0.25) is 0 Å². The Balaban J connectivity index is 3.18. The molecule has 1 aromatic carbocycles. The molecule has 3 N–H and O–H groups in total. The number of aliphatic hydroxyl groups excluding tert-OH is 1. The van der Waals surface area contributed by atoms with Crippen molar-refractivity contribution in [3.8, 4) is 5.75 Å². The molecular weight excluding hydrogens is 216 g/mol. The number of aliphatic hydroxyl groups is 1. The van der Waals surface area contributed by atoms with Crippen molar-refractivity contribution >= 4 is 11.9 Å². The van der Waals surface area contributed by atoms with E-state index in [4.69, 9.17) is 20.1 Å². The van der Waals surface area contributed by atoms with Crippen LogP contribution < -0.4 is 4.74 Å². The normalized spacial score (nSPS) is 11.9. The zero-order valence-corrected chi connectivity index (χ0v) is 8.38. The van der Waals surface area contributed by atoms with Crippen molar-refractivity contribution in [1.82, 2.24) is 0 Å². The van der Waals surface area contributed by atoms with Crippen molar-refractivity contribution in [2.45, 2.75) is 13.2 Å². The maximum atomic E-state index is 10.7. The van der Waals surface area contributed by atoms with Gasteiger partial charge in [-0.1, -0.05) is 0 Å². The van der Waals surface area contributed by atoms with Crippen LogP contribution in [0, 0.1) is 0 Å². The Morgan fingerprint density at radius 2 is 1.56 bits per heavy atom. The molecule has 1 aromatic rings. The molecule has 6 nitrogen and oxygen atoms in total. The molecule has 16 heavy (non-hydrogen) atoms. The first kappa shape index (κ1) is 12.0. The van der Waals surface area contributed by atoms with E-state index in [2.05, 4.69) is 0 Å². The summed E-state index contributed by atoms with van der Waals surface area (Å²) in [7, 11) is 0. The lowest BCUT2D eigenvalue weighted by atomic mass is 10.1. The zero-order chi connectivity index (χ0) is 12.3. The Labute approximate surface area is 90.7 Å². The fourth-order valence-corrected chi connectivity index (χ4v) is 1.11. The molecule has 0 saturated carbocycles. The number of carbonyl (C=O) groups is 2.